The predicted molar refractivity (Wildman–Crippen MR) is 143 cm³/mol. The lowest BCUT2D eigenvalue weighted by atomic mass is 10.0. The van der Waals surface area contributed by atoms with Crippen LogP contribution in [0.15, 0.2) is 70.9 Å². The number of carbonyl (C=O) groups is 1. The molecular formula is C29H32N2O3S. The van der Waals surface area contributed by atoms with E-state index in [0.717, 1.165) is 64.4 Å². The van der Waals surface area contributed by atoms with E-state index in [-0.39, 0.29) is 5.91 Å². The van der Waals surface area contributed by atoms with Crippen LogP contribution in [0.2, 0.25) is 0 Å². The minimum Gasteiger partial charge on any atom is -0.493 e. The smallest absolute Gasteiger partial charge is 0.260 e. The van der Waals surface area contributed by atoms with Gasteiger partial charge in [-0.3, -0.25) is 4.79 Å². The molecule has 0 bridgehead atoms. The first-order chi connectivity index (χ1) is 17.1. The lowest BCUT2D eigenvalue weighted by Crippen LogP contribution is -2.34. The van der Waals surface area contributed by atoms with Crippen LogP contribution in [0.4, 0.5) is 0 Å². The summed E-state index contributed by atoms with van der Waals surface area (Å²) < 4.78 is 13.6. The van der Waals surface area contributed by atoms with Gasteiger partial charge in [-0.1, -0.05) is 37.3 Å². The molecule has 3 heterocycles. The molecule has 0 atom stereocenters. The fourth-order valence-electron chi connectivity index (χ4n) is 4.92. The topological polar surface area (TPSA) is 43.7 Å². The molecule has 5 nitrogen and oxygen atoms in total. The van der Waals surface area contributed by atoms with Crippen molar-refractivity contribution < 1.29 is 14.3 Å². The first-order valence-electron chi connectivity index (χ1n) is 12.4. The van der Waals surface area contributed by atoms with E-state index in [9.17, 15) is 4.79 Å². The minimum absolute atomic E-state index is 0.0645. The Kier molecular flexibility index (Phi) is 6.91. The molecule has 2 aliphatic heterocycles. The Morgan fingerprint density at radius 2 is 1.97 bits per heavy atom. The van der Waals surface area contributed by atoms with E-state index in [4.69, 9.17) is 9.47 Å². The van der Waals surface area contributed by atoms with Gasteiger partial charge in [-0.2, -0.15) is 0 Å². The van der Waals surface area contributed by atoms with Crippen LogP contribution >= 0.6 is 11.8 Å². The molecule has 1 fully saturated rings. The van der Waals surface area contributed by atoms with Crippen LogP contribution in [0, 0.1) is 0 Å². The molecule has 2 aromatic carbocycles. The average Bonchev–Trinajstić information content (AvgIpc) is 3.52. The Hall–Kier alpha value is -3.12. The Labute approximate surface area is 211 Å². The second-order valence-corrected chi connectivity index (χ2v) is 9.98. The Balaban J connectivity index is 1.52. The zero-order valence-corrected chi connectivity index (χ0v) is 21.5. The molecule has 2 aliphatic rings. The van der Waals surface area contributed by atoms with Gasteiger partial charge in [-0.15, -0.1) is 11.8 Å². The number of fused-ring (bicyclic) bond motifs is 2. The van der Waals surface area contributed by atoms with Crippen molar-refractivity contribution in [2.45, 2.75) is 39.7 Å². The van der Waals surface area contributed by atoms with Gasteiger partial charge in [0, 0.05) is 53.0 Å². The largest absolute Gasteiger partial charge is 0.493 e. The van der Waals surface area contributed by atoms with Gasteiger partial charge in [0.05, 0.1) is 19.3 Å². The van der Waals surface area contributed by atoms with Crippen molar-refractivity contribution in [1.29, 1.82) is 0 Å². The molecular weight excluding hydrogens is 456 g/mol. The zero-order chi connectivity index (χ0) is 24.4. The van der Waals surface area contributed by atoms with E-state index in [2.05, 4.69) is 48.8 Å². The molecule has 0 aliphatic carbocycles. The Morgan fingerprint density at radius 1 is 1.11 bits per heavy atom. The van der Waals surface area contributed by atoms with Crippen molar-refractivity contribution in [3.8, 4) is 11.5 Å². The third-order valence-electron chi connectivity index (χ3n) is 6.68. The van der Waals surface area contributed by atoms with Crippen molar-refractivity contribution in [3.63, 3.8) is 0 Å². The number of hydrogen-bond acceptors (Lipinski definition) is 4. The van der Waals surface area contributed by atoms with Crippen LogP contribution in [-0.2, 0) is 13.0 Å². The van der Waals surface area contributed by atoms with Gasteiger partial charge in [0.2, 0.25) is 0 Å². The second-order valence-electron chi connectivity index (χ2n) is 8.88. The van der Waals surface area contributed by atoms with E-state index in [0.29, 0.717) is 19.6 Å². The predicted octanol–water partition coefficient (Wildman–Crippen LogP) is 6.43. The number of aromatic nitrogens is 1. The highest BCUT2D eigenvalue weighted by Crippen LogP contribution is 2.43. The monoisotopic (exact) mass is 488 g/mol. The number of benzene rings is 2. The van der Waals surface area contributed by atoms with E-state index in [1.165, 1.54) is 10.5 Å². The van der Waals surface area contributed by atoms with Gasteiger partial charge < -0.3 is 18.9 Å². The van der Waals surface area contributed by atoms with Gasteiger partial charge >= 0.3 is 0 Å². The highest BCUT2D eigenvalue weighted by molar-refractivity contribution is 8.03. The van der Waals surface area contributed by atoms with E-state index in [1.807, 2.05) is 41.1 Å². The highest BCUT2D eigenvalue weighted by Gasteiger charge is 2.31. The van der Waals surface area contributed by atoms with Gasteiger partial charge in [0.25, 0.3) is 5.91 Å². The normalized spacial score (nSPS) is 15.4. The molecule has 0 saturated carbocycles. The summed E-state index contributed by atoms with van der Waals surface area (Å²) in [6, 6.07) is 14.3. The quantitative estimate of drug-likeness (QED) is 0.366. The molecule has 1 amide bonds. The Bertz CT molecular complexity index is 1320. The molecule has 0 N–H and O–H groups in total. The van der Waals surface area contributed by atoms with Crippen LogP contribution in [0.5, 0.6) is 11.5 Å². The summed E-state index contributed by atoms with van der Waals surface area (Å²) in [5, 5.41) is 1.01. The van der Waals surface area contributed by atoms with Crippen molar-refractivity contribution in [2.75, 3.05) is 26.0 Å². The first-order valence-corrected chi connectivity index (χ1v) is 13.4. The number of methoxy groups -OCH3 is 1. The van der Waals surface area contributed by atoms with Gasteiger partial charge in [-0.25, -0.2) is 0 Å². The summed E-state index contributed by atoms with van der Waals surface area (Å²) in [6.07, 6.45) is 6.92. The number of rotatable bonds is 8. The maximum Gasteiger partial charge on any atom is 0.260 e. The first kappa shape index (κ1) is 23.6. The molecule has 182 valence electrons. The molecule has 1 saturated heterocycles. The van der Waals surface area contributed by atoms with Gasteiger partial charge in [0.1, 0.15) is 0 Å². The number of hydrogen-bond donors (Lipinski definition) is 0. The van der Waals surface area contributed by atoms with Crippen molar-refractivity contribution >= 4 is 28.6 Å². The van der Waals surface area contributed by atoms with E-state index >= 15 is 0 Å². The van der Waals surface area contributed by atoms with Gasteiger partial charge in [0.15, 0.2) is 11.5 Å². The van der Waals surface area contributed by atoms with Crippen LogP contribution in [0.1, 0.15) is 42.6 Å². The zero-order valence-electron chi connectivity index (χ0n) is 20.7. The summed E-state index contributed by atoms with van der Waals surface area (Å²) >= 11 is 1.87. The summed E-state index contributed by atoms with van der Waals surface area (Å²) in [5.74, 6) is 2.62. The van der Waals surface area contributed by atoms with Crippen LogP contribution in [-0.4, -0.2) is 41.4 Å². The summed E-state index contributed by atoms with van der Waals surface area (Å²) in [7, 11) is 1.67. The number of nitrogens with zero attached hydrogens (tertiary/aromatic N) is 2. The maximum atomic E-state index is 14.0. The Morgan fingerprint density at radius 3 is 2.77 bits per heavy atom. The van der Waals surface area contributed by atoms with Crippen LogP contribution in [0.3, 0.4) is 0 Å². The van der Waals surface area contributed by atoms with Crippen LogP contribution < -0.4 is 9.47 Å². The van der Waals surface area contributed by atoms with E-state index in [1.54, 1.807) is 7.11 Å². The number of allylic oxidation sites excluding steroid dienone is 2. The molecule has 35 heavy (non-hydrogen) atoms. The molecule has 3 aromatic rings. The fourth-order valence-corrected chi connectivity index (χ4v) is 6.17. The van der Waals surface area contributed by atoms with Crippen molar-refractivity contribution in [3.05, 3.63) is 82.0 Å². The number of ether oxygens (including phenoxy) is 2. The molecule has 0 spiro atoms. The maximum absolute atomic E-state index is 14.0. The van der Waals surface area contributed by atoms with E-state index < -0.39 is 0 Å². The summed E-state index contributed by atoms with van der Waals surface area (Å²) in [5.41, 5.74) is 5.45. The number of amides is 1. The standard InChI is InChI=1S/C29H32N2O3S/c1-4-15-34-27-18-20(10-11-26(27)33-3)17-25-28-21(13-16-35-28)12-14-31(25)29(32)23-19-30(5-2)24-9-7-6-8-22(23)24/h6-12,18-19H,4-5,13-17H2,1-3H3. The summed E-state index contributed by atoms with van der Waals surface area (Å²) in [6.45, 7) is 6.28. The number of aryl methyl sites for hydroxylation is 1. The summed E-state index contributed by atoms with van der Waals surface area (Å²) in [4.78, 5) is 17.3. The number of para-hydroxylation sites is 1. The van der Waals surface area contributed by atoms with Crippen molar-refractivity contribution in [1.82, 2.24) is 9.47 Å². The lowest BCUT2D eigenvalue weighted by Gasteiger charge is -2.30. The molecule has 0 unspecified atom stereocenters. The van der Waals surface area contributed by atoms with Gasteiger partial charge in [-0.05, 0) is 49.1 Å². The highest BCUT2D eigenvalue weighted by atomic mass is 32.2. The van der Waals surface area contributed by atoms with Crippen molar-refractivity contribution in [2.24, 2.45) is 0 Å². The number of carbonyl (C=O) groups excluding carboxylic acids is 1. The number of thioether (sulfide) groups is 1. The van der Waals surface area contributed by atoms with Crippen LogP contribution in [0.25, 0.3) is 10.9 Å². The molecule has 0 radical (unpaired) electrons. The SMILES string of the molecule is CCCOc1cc(CC2=C3SCCC3=CCN2C(=O)c2cn(CC)c3ccccc23)ccc1OC. The average molecular weight is 489 g/mol. The molecule has 5 rings (SSSR count). The third kappa shape index (κ3) is 4.47. The minimum atomic E-state index is 0.0645. The second kappa shape index (κ2) is 10.2. The lowest BCUT2D eigenvalue weighted by molar-refractivity contribution is 0.0816. The molecule has 6 heteroatoms. The molecule has 1 aromatic heterocycles. The third-order valence-corrected chi connectivity index (χ3v) is 7.88. The fraction of sp³-hybridized carbons (Fsp3) is 0.345.